The molecule has 0 radical (unpaired) electrons. The summed E-state index contributed by atoms with van der Waals surface area (Å²) in [6, 6.07) is -0.995. The predicted octanol–water partition coefficient (Wildman–Crippen LogP) is -0.0345. The molecule has 1 aliphatic heterocycles. The van der Waals surface area contributed by atoms with Gasteiger partial charge >= 0.3 is 17.9 Å². The van der Waals surface area contributed by atoms with E-state index in [2.05, 4.69) is 16.0 Å². The average Bonchev–Trinajstić information content (AvgIpc) is 2.66. The van der Waals surface area contributed by atoms with Crippen molar-refractivity contribution in [3.63, 3.8) is 0 Å². The van der Waals surface area contributed by atoms with E-state index in [1.54, 1.807) is 0 Å². The number of unbranched alkanes of at least 4 members (excludes halogenated alkanes) is 1. The Morgan fingerprint density at radius 1 is 0.968 bits per heavy atom. The van der Waals surface area contributed by atoms with Gasteiger partial charge in [-0.05, 0) is 13.0 Å². The van der Waals surface area contributed by atoms with Crippen LogP contribution in [0, 0.1) is 0 Å². The molecule has 0 aliphatic carbocycles. The zero-order chi connectivity index (χ0) is 23.4. The summed E-state index contributed by atoms with van der Waals surface area (Å²) in [6.45, 7) is 5.11. The van der Waals surface area contributed by atoms with Gasteiger partial charge in [-0.15, -0.1) is 0 Å². The Morgan fingerprint density at radius 2 is 1.61 bits per heavy atom. The highest BCUT2D eigenvalue weighted by Gasteiger charge is 2.51. The Kier molecular flexibility index (Phi) is 11.4. The van der Waals surface area contributed by atoms with Gasteiger partial charge in [-0.1, -0.05) is 6.42 Å². The Morgan fingerprint density at radius 3 is 2.16 bits per heavy atom. The summed E-state index contributed by atoms with van der Waals surface area (Å²) in [5.74, 6) is -2.39. The summed E-state index contributed by atoms with van der Waals surface area (Å²) >= 11 is 0. The van der Waals surface area contributed by atoms with Crippen molar-refractivity contribution in [2.45, 2.75) is 71.2 Å². The van der Waals surface area contributed by atoms with E-state index in [9.17, 15) is 19.2 Å². The highest BCUT2D eigenvalue weighted by molar-refractivity contribution is 5.73. The molecule has 0 saturated carbocycles. The first-order valence-corrected chi connectivity index (χ1v) is 9.74. The minimum atomic E-state index is -1.16. The SMILES string of the molecule is CC(=O)N[C@H]1[C@H](OCCCCNN=[N-])O[C@H](COC(C)=O)[C@@H](OC(C)=O)[C@@H]1OC(C)=O. The van der Waals surface area contributed by atoms with E-state index in [4.69, 9.17) is 29.2 Å². The number of nitrogens with zero attached hydrogens (tertiary/aromatic N) is 2. The number of ether oxygens (including phenoxy) is 5. The van der Waals surface area contributed by atoms with Crippen LogP contribution in [-0.4, -0.2) is 74.2 Å². The molecule has 0 aromatic carbocycles. The third-order valence-electron chi connectivity index (χ3n) is 4.11. The lowest BCUT2D eigenvalue weighted by Crippen LogP contribution is -2.66. The van der Waals surface area contributed by atoms with Crippen molar-refractivity contribution < 1.29 is 42.9 Å². The summed E-state index contributed by atoms with van der Waals surface area (Å²) in [7, 11) is 0. The summed E-state index contributed by atoms with van der Waals surface area (Å²) < 4.78 is 27.3. The number of nitrogens with one attached hydrogen (secondary N) is 2. The molecule has 13 heteroatoms. The molecule has 1 heterocycles. The van der Waals surface area contributed by atoms with Gasteiger partial charge in [-0.25, -0.2) is 0 Å². The van der Waals surface area contributed by atoms with Crippen molar-refractivity contribution in [1.82, 2.24) is 10.7 Å². The van der Waals surface area contributed by atoms with Gasteiger partial charge in [0.25, 0.3) is 0 Å². The van der Waals surface area contributed by atoms with Crippen molar-refractivity contribution in [3.05, 3.63) is 5.53 Å². The van der Waals surface area contributed by atoms with Crippen LogP contribution in [0.2, 0.25) is 0 Å². The van der Waals surface area contributed by atoms with Crippen LogP contribution in [0.3, 0.4) is 0 Å². The van der Waals surface area contributed by atoms with Crippen LogP contribution in [0.15, 0.2) is 5.22 Å². The molecule has 1 amide bonds. The van der Waals surface area contributed by atoms with Crippen LogP contribution in [-0.2, 0) is 42.9 Å². The van der Waals surface area contributed by atoms with Crippen molar-refractivity contribution >= 4 is 23.8 Å². The zero-order valence-electron chi connectivity index (χ0n) is 18.0. The van der Waals surface area contributed by atoms with E-state index >= 15 is 0 Å². The van der Waals surface area contributed by atoms with Gasteiger partial charge in [-0.2, -0.15) is 0 Å². The van der Waals surface area contributed by atoms with E-state index in [0.29, 0.717) is 19.4 Å². The van der Waals surface area contributed by atoms with Gasteiger partial charge in [0, 0.05) is 34.3 Å². The maximum atomic E-state index is 11.8. The Hall–Kier alpha value is -2.80. The van der Waals surface area contributed by atoms with Crippen LogP contribution in [0.4, 0.5) is 0 Å². The van der Waals surface area contributed by atoms with Crippen LogP contribution in [0.5, 0.6) is 0 Å². The molecule has 0 bridgehead atoms. The Labute approximate surface area is 179 Å². The first-order valence-electron chi connectivity index (χ1n) is 9.74. The smallest absolute Gasteiger partial charge is 0.303 e. The normalized spacial score (nSPS) is 25.1. The second kappa shape index (κ2) is 13.5. The van der Waals surface area contributed by atoms with Gasteiger partial charge in [0.1, 0.15) is 18.8 Å². The highest BCUT2D eigenvalue weighted by Crippen LogP contribution is 2.28. The van der Waals surface area contributed by atoms with Gasteiger partial charge in [-0.3, -0.25) is 24.4 Å². The molecule has 1 aliphatic rings. The molecule has 2 N–H and O–H groups in total. The topological polar surface area (TPSA) is 173 Å². The maximum absolute atomic E-state index is 11.8. The number of esters is 3. The molecule has 0 aromatic rings. The molecule has 31 heavy (non-hydrogen) atoms. The number of rotatable bonds is 12. The maximum Gasteiger partial charge on any atom is 0.303 e. The molecular formula is C18H29N4O9-. The van der Waals surface area contributed by atoms with E-state index in [0.717, 1.165) is 6.92 Å². The highest BCUT2D eigenvalue weighted by atomic mass is 16.7. The van der Waals surface area contributed by atoms with Gasteiger partial charge in [0.2, 0.25) is 5.91 Å². The lowest BCUT2D eigenvalue weighted by Gasteiger charge is -2.44. The summed E-state index contributed by atoms with van der Waals surface area (Å²) in [6.07, 6.45) is -3.25. The lowest BCUT2D eigenvalue weighted by molar-refractivity contribution is -0.277. The van der Waals surface area contributed by atoms with Gasteiger partial charge in [0.15, 0.2) is 18.5 Å². The quantitative estimate of drug-likeness (QED) is 0.136. The average molecular weight is 445 g/mol. The minimum absolute atomic E-state index is 0.194. The first kappa shape index (κ1) is 26.2. The molecule has 0 aromatic heterocycles. The number of carbonyl (C=O) groups is 4. The third kappa shape index (κ3) is 9.70. The first-order chi connectivity index (χ1) is 14.6. The fourth-order valence-corrected chi connectivity index (χ4v) is 2.99. The number of carbonyl (C=O) groups excluding carboxylic acids is 4. The van der Waals surface area contributed by atoms with E-state index in [1.165, 1.54) is 20.8 Å². The fraction of sp³-hybridized carbons (Fsp3) is 0.778. The molecule has 5 atom stereocenters. The molecular weight excluding hydrogens is 416 g/mol. The number of amides is 1. The molecule has 13 nitrogen and oxygen atoms in total. The second-order valence-corrected chi connectivity index (χ2v) is 6.81. The third-order valence-corrected chi connectivity index (χ3v) is 4.11. The standard InChI is InChI=1S/C18H29N4O9/c1-10(23)21-15-17(30-13(4)26)16(29-12(3)25)14(9-28-11(2)24)31-18(15)27-8-6-5-7-20-22-19/h14-18H,5-9H2,1-4H3,(H2-,19,20,21,23)/q-1/t14-,15-,16-,17-,18-/m1/s1. The summed E-state index contributed by atoms with van der Waals surface area (Å²) in [5, 5.41) is 5.40. The van der Waals surface area contributed by atoms with Crippen molar-refractivity contribution in [1.29, 1.82) is 0 Å². The number of hydrogen-bond acceptors (Lipinski definition) is 10. The van der Waals surface area contributed by atoms with E-state index < -0.39 is 54.5 Å². The van der Waals surface area contributed by atoms with Crippen LogP contribution in [0.25, 0.3) is 5.53 Å². The van der Waals surface area contributed by atoms with Gasteiger partial charge < -0.3 is 40.0 Å². The van der Waals surface area contributed by atoms with E-state index in [-0.39, 0.29) is 13.2 Å². The number of hydrogen-bond donors (Lipinski definition) is 2. The molecule has 1 rings (SSSR count). The molecule has 1 fully saturated rings. The lowest BCUT2D eigenvalue weighted by atomic mass is 9.96. The van der Waals surface area contributed by atoms with Crippen molar-refractivity contribution in [2.75, 3.05) is 19.8 Å². The van der Waals surface area contributed by atoms with Crippen molar-refractivity contribution in [2.24, 2.45) is 5.22 Å². The fourth-order valence-electron chi connectivity index (χ4n) is 2.99. The Balaban J connectivity index is 3.08. The molecule has 176 valence electrons. The van der Waals surface area contributed by atoms with Crippen LogP contribution >= 0.6 is 0 Å². The minimum Gasteiger partial charge on any atom is -0.463 e. The largest absolute Gasteiger partial charge is 0.463 e. The zero-order valence-corrected chi connectivity index (χ0v) is 18.0. The summed E-state index contributed by atoms with van der Waals surface area (Å²) in [5.41, 5.74) is 10.8. The molecule has 1 saturated heterocycles. The van der Waals surface area contributed by atoms with Crippen LogP contribution in [0.1, 0.15) is 40.5 Å². The predicted molar refractivity (Wildman–Crippen MR) is 103 cm³/mol. The Bertz CT molecular complexity index is 646. The van der Waals surface area contributed by atoms with Crippen molar-refractivity contribution in [3.8, 4) is 0 Å². The molecule has 0 spiro atoms. The monoisotopic (exact) mass is 445 g/mol. The second-order valence-electron chi connectivity index (χ2n) is 6.81. The summed E-state index contributed by atoms with van der Waals surface area (Å²) in [4.78, 5) is 46.4. The van der Waals surface area contributed by atoms with E-state index in [1.807, 2.05) is 0 Å². The molecule has 0 unspecified atom stereocenters. The van der Waals surface area contributed by atoms with Gasteiger partial charge in [0.05, 0.1) is 0 Å². The van der Waals surface area contributed by atoms with Crippen LogP contribution < -0.4 is 10.7 Å².